The summed E-state index contributed by atoms with van der Waals surface area (Å²) in [7, 11) is 0. The van der Waals surface area contributed by atoms with E-state index in [2.05, 4.69) is 19.8 Å². The second kappa shape index (κ2) is 4.70. The molecule has 0 rings (SSSR count). The minimum Gasteiger partial charge on any atom is -0.462 e. The number of hydrogen-bond acceptors (Lipinski definition) is 2. The fourth-order valence-corrected chi connectivity index (χ4v) is 1.54. The van der Waals surface area contributed by atoms with E-state index in [0.29, 0.717) is 5.92 Å². The van der Waals surface area contributed by atoms with E-state index in [-0.39, 0.29) is 5.41 Å². The predicted octanol–water partition coefficient (Wildman–Crippen LogP) is 2.53. The van der Waals surface area contributed by atoms with Gasteiger partial charge in [-0.2, -0.15) is 0 Å². The second-order valence-corrected chi connectivity index (χ2v) is 4.72. The van der Waals surface area contributed by atoms with Gasteiger partial charge in [-0.3, -0.25) is 0 Å². The fraction of sp³-hybridized carbons (Fsp3) is 0.833. The summed E-state index contributed by atoms with van der Waals surface area (Å²) in [5.41, 5.74) is -1.46. The van der Waals surface area contributed by atoms with Crippen LogP contribution in [0, 0.1) is 23.4 Å². The molecule has 0 aliphatic heterocycles. The highest BCUT2D eigenvalue weighted by atomic mass is 16.3. The number of rotatable bonds is 4. The Balaban J connectivity index is 4.80. The minimum atomic E-state index is -1.14. The molecule has 0 aliphatic carbocycles. The molecule has 2 atom stereocenters. The molecule has 0 bridgehead atoms. The van der Waals surface area contributed by atoms with Crippen LogP contribution in [-0.4, -0.2) is 15.8 Å². The van der Waals surface area contributed by atoms with Crippen molar-refractivity contribution < 1.29 is 10.2 Å². The Morgan fingerprint density at radius 1 is 1.29 bits per heavy atom. The first-order chi connectivity index (χ1) is 6.29. The summed E-state index contributed by atoms with van der Waals surface area (Å²) < 4.78 is 0. The Hall–Kier alpha value is -0.680. The highest BCUT2D eigenvalue weighted by Gasteiger charge is 2.41. The SMILES string of the molecule is CCCC(C)C(C)(C)C(C)(O)C#CO. The molecule has 2 N–H and O–H groups in total. The standard InChI is InChI=1S/C12H22O2/c1-6-7-10(2)11(3,4)12(5,14)8-9-13/h10,13-14H,6-7H2,1-5H3. The molecule has 0 aromatic heterocycles. The van der Waals surface area contributed by atoms with Gasteiger partial charge in [0.1, 0.15) is 11.7 Å². The van der Waals surface area contributed by atoms with Gasteiger partial charge < -0.3 is 10.2 Å². The average Bonchev–Trinajstić information content (AvgIpc) is 2.04. The van der Waals surface area contributed by atoms with E-state index >= 15 is 0 Å². The molecule has 0 heterocycles. The summed E-state index contributed by atoms with van der Waals surface area (Å²) >= 11 is 0. The summed E-state index contributed by atoms with van der Waals surface area (Å²) in [5.74, 6) is 2.83. The van der Waals surface area contributed by atoms with Gasteiger partial charge in [0.2, 0.25) is 0 Å². The highest BCUT2D eigenvalue weighted by Crippen LogP contribution is 2.39. The molecule has 0 fully saturated rings. The van der Waals surface area contributed by atoms with Gasteiger partial charge in [-0.15, -0.1) is 0 Å². The van der Waals surface area contributed by atoms with Crippen LogP contribution >= 0.6 is 0 Å². The number of hydrogen-bond donors (Lipinski definition) is 2. The molecule has 0 saturated heterocycles. The molecule has 2 heteroatoms. The largest absolute Gasteiger partial charge is 0.462 e. The smallest absolute Gasteiger partial charge is 0.131 e. The van der Waals surface area contributed by atoms with E-state index in [1.165, 1.54) is 0 Å². The van der Waals surface area contributed by atoms with E-state index in [1.54, 1.807) is 6.92 Å². The van der Waals surface area contributed by atoms with E-state index < -0.39 is 5.60 Å². The molecule has 0 aromatic rings. The van der Waals surface area contributed by atoms with Crippen molar-refractivity contribution in [3.8, 4) is 12.0 Å². The molecule has 0 aromatic carbocycles. The van der Waals surface area contributed by atoms with Gasteiger partial charge in [0.05, 0.1) is 0 Å². The van der Waals surface area contributed by atoms with Gasteiger partial charge in [0.25, 0.3) is 0 Å². The molecule has 2 unspecified atom stereocenters. The first-order valence-electron chi connectivity index (χ1n) is 5.18. The third kappa shape index (κ3) is 2.65. The van der Waals surface area contributed by atoms with Crippen LogP contribution < -0.4 is 0 Å². The number of aliphatic hydroxyl groups excluding tert-OH is 1. The maximum Gasteiger partial charge on any atom is 0.131 e. The minimum absolute atomic E-state index is 0.321. The van der Waals surface area contributed by atoms with Crippen molar-refractivity contribution in [2.24, 2.45) is 11.3 Å². The molecule has 0 aliphatic rings. The van der Waals surface area contributed by atoms with Crippen LogP contribution in [0.3, 0.4) is 0 Å². The summed E-state index contributed by atoms with van der Waals surface area (Å²) in [6, 6.07) is 0. The lowest BCUT2D eigenvalue weighted by atomic mass is 9.67. The zero-order valence-electron chi connectivity index (χ0n) is 9.89. The molecular formula is C12H22O2. The summed E-state index contributed by atoms with van der Waals surface area (Å²) in [4.78, 5) is 0. The summed E-state index contributed by atoms with van der Waals surface area (Å²) in [6.07, 6.45) is 3.95. The van der Waals surface area contributed by atoms with Gasteiger partial charge in [-0.05, 0) is 18.8 Å². The monoisotopic (exact) mass is 198 g/mol. The Labute approximate surface area is 87.3 Å². The summed E-state index contributed by atoms with van der Waals surface area (Å²) in [6.45, 7) is 9.85. The van der Waals surface area contributed by atoms with Crippen LogP contribution in [0.2, 0.25) is 0 Å². The zero-order chi connectivity index (χ0) is 11.4. The van der Waals surface area contributed by atoms with Gasteiger partial charge in [0.15, 0.2) is 0 Å². The van der Waals surface area contributed by atoms with Crippen molar-refractivity contribution in [1.82, 2.24) is 0 Å². The van der Waals surface area contributed by atoms with E-state index in [1.807, 2.05) is 20.0 Å². The maximum atomic E-state index is 10.1. The van der Waals surface area contributed by atoms with Crippen LogP contribution in [0.4, 0.5) is 0 Å². The van der Waals surface area contributed by atoms with Gasteiger partial charge >= 0.3 is 0 Å². The van der Waals surface area contributed by atoms with Gasteiger partial charge in [0, 0.05) is 5.41 Å². The van der Waals surface area contributed by atoms with Crippen LogP contribution in [-0.2, 0) is 0 Å². The van der Waals surface area contributed by atoms with Crippen LogP contribution in [0.25, 0.3) is 0 Å². The third-order valence-corrected chi connectivity index (χ3v) is 3.51. The highest BCUT2D eigenvalue weighted by molar-refractivity contribution is 5.14. The molecule has 14 heavy (non-hydrogen) atoms. The Bertz CT molecular complexity index is 230. The lowest BCUT2D eigenvalue weighted by Gasteiger charge is -2.41. The maximum absolute atomic E-state index is 10.1. The second-order valence-electron chi connectivity index (χ2n) is 4.72. The topological polar surface area (TPSA) is 40.5 Å². The van der Waals surface area contributed by atoms with Crippen LogP contribution in [0.15, 0.2) is 0 Å². The molecule has 0 amide bonds. The first kappa shape index (κ1) is 13.3. The van der Waals surface area contributed by atoms with E-state index in [0.717, 1.165) is 12.8 Å². The van der Waals surface area contributed by atoms with E-state index in [4.69, 9.17) is 5.11 Å². The molecule has 82 valence electrons. The van der Waals surface area contributed by atoms with Crippen molar-refractivity contribution >= 4 is 0 Å². The molecule has 2 nitrogen and oxygen atoms in total. The van der Waals surface area contributed by atoms with Crippen molar-refractivity contribution in [3.05, 3.63) is 0 Å². The third-order valence-electron chi connectivity index (χ3n) is 3.51. The van der Waals surface area contributed by atoms with Gasteiger partial charge in [-0.25, -0.2) is 0 Å². The van der Waals surface area contributed by atoms with Crippen molar-refractivity contribution in [2.75, 3.05) is 0 Å². The quantitative estimate of drug-likeness (QED) is 0.681. The molecule has 0 spiro atoms. The summed E-state index contributed by atoms with van der Waals surface area (Å²) in [5, 5.41) is 18.7. The van der Waals surface area contributed by atoms with Crippen molar-refractivity contribution in [2.45, 2.75) is 53.1 Å². The number of aliphatic hydroxyl groups is 2. The lowest BCUT2D eigenvalue weighted by Crippen LogP contribution is -2.45. The van der Waals surface area contributed by atoms with Gasteiger partial charge in [-0.1, -0.05) is 40.5 Å². The zero-order valence-corrected chi connectivity index (χ0v) is 9.89. The Morgan fingerprint density at radius 3 is 2.14 bits per heavy atom. The fourth-order valence-electron chi connectivity index (χ4n) is 1.54. The van der Waals surface area contributed by atoms with Crippen LogP contribution in [0.1, 0.15) is 47.5 Å². The first-order valence-corrected chi connectivity index (χ1v) is 5.18. The molecule has 0 saturated carbocycles. The Morgan fingerprint density at radius 2 is 1.79 bits per heavy atom. The Kier molecular flexibility index (Phi) is 4.48. The van der Waals surface area contributed by atoms with Crippen molar-refractivity contribution in [1.29, 1.82) is 0 Å². The average molecular weight is 198 g/mol. The predicted molar refractivity (Wildman–Crippen MR) is 58.2 cm³/mol. The normalized spacial score (nSPS) is 17.9. The van der Waals surface area contributed by atoms with Crippen LogP contribution in [0.5, 0.6) is 0 Å². The van der Waals surface area contributed by atoms with E-state index in [9.17, 15) is 5.11 Å². The molecule has 0 radical (unpaired) electrons. The van der Waals surface area contributed by atoms with Crippen molar-refractivity contribution in [3.63, 3.8) is 0 Å². The molecular weight excluding hydrogens is 176 g/mol. The lowest BCUT2D eigenvalue weighted by molar-refractivity contribution is -0.0353.